The van der Waals surface area contributed by atoms with Crippen molar-refractivity contribution >= 4 is 23.1 Å². The Morgan fingerprint density at radius 3 is 2.20 bits per heavy atom. The zero-order chi connectivity index (χ0) is 17.9. The van der Waals surface area contributed by atoms with Gasteiger partial charge in [0.05, 0.1) is 0 Å². The molecule has 0 bridgehead atoms. The van der Waals surface area contributed by atoms with Crippen LogP contribution in [0.5, 0.6) is 0 Å². The van der Waals surface area contributed by atoms with Gasteiger partial charge in [-0.1, -0.05) is 57.2 Å². The molecule has 0 radical (unpaired) electrons. The summed E-state index contributed by atoms with van der Waals surface area (Å²) in [5, 5.41) is 6.71. The van der Waals surface area contributed by atoms with Crippen LogP contribution in [0.1, 0.15) is 31.9 Å². The Hall–Kier alpha value is -2.88. The monoisotopic (exact) mass is 332 g/mol. The summed E-state index contributed by atoms with van der Waals surface area (Å²) >= 11 is 0. The van der Waals surface area contributed by atoms with Crippen molar-refractivity contribution < 1.29 is 0 Å². The highest BCUT2D eigenvalue weighted by atomic mass is 15.1. The third kappa shape index (κ3) is 4.15. The molecule has 0 fully saturated rings. The van der Waals surface area contributed by atoms with Crippen LogP contribution in [0, 0.1) is 6.92 Å². The summed E-state index contributed by atoms with van der Waals surface area (Å²) in [5.41, 5.74) is 4.54. The smallest absolute Gasteiger partial charge is 0.229 e. The van der Waals surface area contributed by atoms with Gasteiger partial charge in [-0.15, -0.1) is 0 Å². The molecule has 0 aliphatic heterocycles. The minimum Gasteiger partial charge on any atom is -0.340 e. The van der Waals surface area contributed by atoms with E-state index in [9.17, 15) is 0 Å². The maximum Gasteiger partial charge on any atom is 0.229 e. The molecule has 0 amide bonds. The molecule has 2 aromatic carbocycles. The molecule has 0 saturated carbocycles. The molecule has 3 aromatic rings. The van der Waals surface area contributed by atoms with Crippen LogP contribution in [-0.4, -0.2) is 9.97 Å². The lowest BCUT2D eigenvalue weighted by Gasteiger charge is -2.23. The van der Waals surface area contributed by atoms with Crippen molar-refractivity contribution in [2.75, 3.05) is 10.6 Å². The number of rotatable bonds is 4. The molecule has 0 saturated heterocycles. The molecule has 1 aromatic heterocycles. The molecular formula is C21H24N4. The number of nitrogens with one attached hydrogen (secondary N) is 2. The standard InChI is InChI=1S/C21H24N4/c1-15-9-5-7-11-17(15)24-20-22-14-13-19(25-20)23-18-12-8-6-10-16(18)21(2,3)4/h5-14H,1-4H3,(H2,22,23,24,25). The molecule has 0 atom stereocenters. The van der Waals surface area contributed by atoms with Crippen LogP contribution in [0.2, 0.25) is 0 Å². The van der Waals surface area contributed by atoms with E-state index in [1.807, 2.05) is 30.3 Å². The van der Waals surface area contributed by atoms with Gasteiger partial charge in [-0.05, 0) is 41.7 Å². The molecular weight excluding hydrogens is 308 g/mol. The van der Waals surface area contributed by atoms with Crippen molar-refractivity contribution in [1.82, 2.24) is 9.97 Å². The second-order valence-corrected chi connectivity index (χ2v) is 7.13. The maximum atomic E-state index is 4.59. The van der Waals surface area contributed by atoms with E-state index >= 15 is 0 Å². The second-order valence-electron chi connectivity index (χ2n) is 7.13. The predicted molar refractivity (Wildman–Crippen MR) is 105 cm³/mol. The average molecular weight is 332 g/mol. The van der Waals surface area contributed by atoms with Crippen LogP contribution in [0.4, 0.5) is 23.1 Å². The number of benzene rings is 2. The highest BCUT2D eigenvalue weighted by molar-refractivity contribution is 5.64. The Bertz CT molecular complexity index is 866. The van der Waals surface area contributed by atoms with Gasteiger partial charge in [-0.3, -0.25) is 0 Å². The van der Waals surface area contributed by atoms with E-state index in [1.54, 1.807) is 6.20 Å². The van der Waals surface area contributed by atoms with E-state index < -0.39 is 0 Å². The largest absolute Gasteiger partial charge is 0.340 e. The van der Waals surface area contributed by atoms with Crippen molar-refractivity contribution in [2.45, 2.75) is 33.1 Å². The van der Waals surface area contributed by atoms with Gasteiger partial charge in [0.2, 0.25) is 5.95 Å². The third-order valence-electron chi connectivity index (χ3n) is 4.04. The number of hydrogen-bond acceptors (Lipinski definition) is 4. The number of nitrogens with zero attached hydrogens (tertiary/aromatic N) is 2. The summed E-state index contributed by atoms with van der Waals surface area (Å²) in [4.78, 5) is 8.92. The van der Waals surface area contributed by atoms with E-state index in [2.05, 4.69) is 72.6 Å². The fourth-order valence-corrected chi connectivity index (χ4v) is 2.71. The molecule has 0 spiro atoms. The lowest BCUT2D eigenvalue weighted by Crippen LogP contribution is -2.13. The first-order chi connectivity index (χ1) is 11.9. The number of anilines is 4. The van der Waals surface area contributed by atoms with Crippen LogP contribution in [0.25, 0.3) is 0 Å². The minimum absolute atomic E-state index is 0.0544. The number of aryl methyl sites for hydroxylation is 1. The predicted octanol–water partition coefficient (Wildman–Crippen LogP) is 5.57. The topological polar surface area (TPSA) is 49.8 Å². The Morgan fingerprint density at radius 2 is 1.48 bits per heavy atom. The summed E-state index contributed by atoms with van der Waals surface area (Å²) < 4.78 is 0. The molecule has 0 aliphatic carbocycles. The van der Waals surface area contributed by atoms with Gasteiger partial charge in [-0.25, -0.2) is 4.98 Å². The molecule has 2 N–H and O–H groups in total. The fourth-order valence-electron chi connectivity index (χ4n) is 2.71. The zero-order valence-electron chi connectivity index (χ0n) is 15.2. The van der Waals surface area contributed by atoms with Crippen molar-refractivity contribution in [2.24, 2.45) is 0 Å². The zero-order valence-corrected chi connectivity index (χ0v) is 15.2. The van der Waals surface area contributed by atoms with Crippen molar-refractivity contribution in [3.05, 3.63) is 71.9 Å². The van der Waals surface area contributed by atoms with Gasteiger partial charge in [0.1, 0.15) is 5.82 Å². The second kappa shape index (κ2) is 6.93. The molecule has 128 valence electrons. The molecule has 0 aliphatic rings. The van der Waals surface area contributed by atoms with E-state index in [-0.39, 0.29) is 5.41 Å². The summed E-state index contributed by atoms with van der Waals surface area (Å²) in [7, 11) is 0. The van der Waals surface area contributed by atoms with Gasteiger partial charge >= 0.3 is 0 Å². The Labute approximate surface area is 149 Å². The fraction of sp³-hybridized carbons (Fsp3) is 0.238. The van der Waals surface area contributed by atoms with E-state index in [4.69, 9.17) is 0 Å². The molecule has 0 unspecified atom stereocenters. The Balaban J connectivity index is 1.85. The average Bonchev–Trinajstić information content (AvgIpc) is 2.57. The summed E-state index contributed by atoms with van der Waals surface area (Å²) in [6, 6.07) is 18.3. The van der Waals surface area contributed by atoms with Gasteiger partial charge in [0.15, 0.2) is 0 Å². The molecule has 4 heteroatoms. The maximum absolute atomic E-state index is 4.59. The lowest BCUT2D eigenvalue weighted by atomic mass is 9.86. The Kier molecular flexibility index (Phi) is 4.70. The normalized spacial score (nSPS) is 11.2. The van der Waals surface area contributed by atoms with E-state index in [0.717, 1.165) is 22.8 Å². The first-order valence-corrected chi connectivity index (χ1v) is 8.46. The third-order valence-corrected chi connectivity index (χ3v) is 4.04. The summed E-state index contributed by atoms with van der Waals surface area (Å²) in [5.74, 6) is 1.34. The number of para-hydroxylation sites is 2. The van der Waals surface area contributed by atoms with Crippen molar-refractivity contribution in [3.63, 3.8) is 0 Å². The summed E-state index contributed by atoms with van der Waals surface area (Å²) in [6.45, 7) is 8.68. The lowest BCUT2D eigenvalue weighted by molar-refractivity contribution is 0.592. The van der Waals surface area contributed by atoms with Crippen LogP contribution in [0.15, 0.2) is 60.8 Å². The van der Waals surface area contributed by atoms with Gasteiger partial charge < -0.3 is 10.6 Å². The Morgan fingerprint density at radius 1 is 0.800 bits per heavy atom. The van der Waals surface area contributed by atoms with Crippen molar-refractivity contribution in [3.8, 4) is 0 Å². The van der Waals surface area contributed by atoms with Crippen molar-refractivity contribution in [1.29, 1.82) is 0 Å². The summed E-state index contributed by atoms with van der Waals surface area (Å²) in [6.07, 6.45) is 1.76. The van der Waals surface area contributed by atoms with Crippen LogP contribution in [0.3, 0.4) is 0 Å². The SMILES string of the molecule is Cc1ccccc1Nc1nccc(Nc2ccccc2C(C)(C)C)n1. The van der Waals surface area contributed by atoms with Crippen LogP contribution >= 0.6 is 0 Å². The van der Waals surface area contributed by atoms with E-state index in [1.165, 1.54) is 5.56 Å². The number of aromatic nitrogens is 2. The first-order valence-electron chi connectivity index (χ1n) is 8.46. The number of hydrogen-bond donors (Lipinski definition) is 2. The highest BCUT2D eigenvalue weighted by Gasteiger charge is 2.17. The molecule has 25 heavy (non-hydrogen) atoms. The highest BCUT2D eigenvalue weighted by Crippen LogP contribution is 2.31. The van der Waals surface area contributed by atoms with Gasteiger partial charge in [-0.2, -0.15) is 4.98 Å². The first kappa shape index (κ1) is 17.0. The quantitative estimate of drug-likeness (QED) is 0.656. The van der Waals surface area contributed by atoms with Gasteiger partial charge in [0.25, 0.3) is 0 Å². The molecule has 1 heterocycles. The van der Waals surface area contributed by atoms with E-state index in [0.29, 0.717) is 5.95 Å². The minimum atomic E-state index is 0.0544. The molecule has 4 nitrogen and oxygen atoms in total. The van der Waals surface area contributed by atoms with Gasteiger partial charge in [0, 0.05) is 17.6 Å². The molecule has 3 rings (SSSR count). The van der Waals surface area contributed by atoms with Crippen LogP contribution < -0.4 is 10.6 Å². The van der Waals surface area contributed by atoms with Crippen LogP contribution in [-0.2, 0) is 5.41 Å².